The van der Waals surface area contributed by atoms with Crippen LogP contribution in [0, 0.1) is 17.2 Å². The number of nitriles is 1. The molecular formula is C26H30N6O6. The standard InChI is InChI=1S/C26H30N6O6/c27-9-17-8-20(36-13-18(28)12-33)7-16-5-15(6-21(16)17)10-29-4-3-19-11-32(26(35)38-19)23-2-1-22-25(30-23)31-24(34)14-37-22/h1-2,7-8,15,18-19,29,33H,3-6,10-14,28H2,(H,30,31,34). The maximum Gasteiger partial charge on any atom is 0.415 e. The van der Waals surface area contributed by atoms with Crippen molar-refractivity contribution >= 4 is 23.6 Å². The summed E-state index contributed by atoms with van der Waals surface area (Å²) in [6, 6.07) is 8.84. The number of nitrogens with two attached hydrogens (primary N) is 1. The Morgan fingerprint density at radius 3 is 3.03 bits per heavy atom. The second-order valence-corrected chi connectivity index (χ2v) is 9.71. The SMILES string of the molecule is N#Cc1cc(OCC(N)CO)cc2c1CC(CNCCC1CN(c3ccc4c(n3)NC(=O)CO4)C(=O)O1)C2. The molecule has 0 spiro atoms. The highest BCUT2D eigenvalue weighted by molar-refractivity contribution is 5.95. The van der Waals surface area contributed by atoms with Crippen molar-refractivity contribution in [1.82, 2.24) is 10.3 Å². The molecule has 0 saturated carbocycles. The molecule has 12 heteroatoms. The molecule has 2 aromatic rings. The minimum atomic E-state index is -0.473. The van der Waals surface area contributed by atoms with E-state index in [1.54, 1.807) is 18.2 Å². The normalized spacial score (nSPS) is 20.6. The van der Waals surface area contributed by atoms with Crippen LogP contribution in [0.5, 0.6) is 11.5 Å². The van der Waals surface area contributed by atoms with Crippen LogP contribution in [0.25, 0.3) is 0 Å². The third-order valence-corrected chi connectivity index (χ3v) is 6.82. The number of aliphatic hydroxyl groups excluding tert-OH is 1. The topological polar surface area (TPSA) is 172 Å². The maximum absolute atomic E-state index is 12.4. The van der Waals surface area contributed by atoms with Crippen molar-refractivity contribution in [3.05, 3.63) is 41.0 Å². The Hall–Kier alpha value is -3.92. The minimum absolute atomic E-state index is 0.0582. The first-order valence-electron chi connectivity index (χ1n) is 12.6. The van der Waals surface area contributed by atoms with Gasteiger partial charge in [-0.25, -0.2) is 9.78 Å². The lowest BCUT2D eigenvalue weighted by Crippen LogP contribution is -2.31. The van der Waals surface area contributed by atoms with Gasteiger partial charge in [0.2, 0.25) is 0 Å². The number of aromatic nitrogens is 1. The minimum Gasteiger partial charge on any atom is -0.492 e. The highest BCUT2D eigenvalue weighted by Crippen LogP contribution is 2.33. The number of aliphatic hydroxyl groups is 1. The van der Waals surface area contributed by atoms with Crippen molar-refractivity contribution in [3.63, 3.8) is 0 Å². The number of amides is 2. The first-order chi connectivity index (χ1) is 18.4. The lowest BCUT2D eigenvalue weighted by molar-refractivity contribution is -0.118. The molecule has 1 aromatic carbocycles. The van der Waals surface area contributed by atoms with Crippen LogP contribution in [0.3, 0.4) is 0 Å². The number of rotatable bonds is 10. The largest absolute Gasteiger partial charge is 0.492 e. The van der Waals surface area contributed by atoms with Gasteiger partial charge in [-0.05, 0) is 73.7 Å². The molecule has 1 fully saturated rings. The fourth-order valence-electron chi connectivity index (χ4n) is 4.91. The Kier molecular flexibility index (Phi) is 7.59. The smallest absolute Gasteiger partial charge is 0.415 e. The van der Waals surface area contributed by atoms with Gasteiger partial charge in [0, 0.05) is 0 Å². The number of cyclic esters (lactones) is 1. The molecule has 3 unspecified atom stereocenters. The lowest BCUT2D eigenvalue weighted by atomic mass is 10.0. The predicted molar refractivity (Wildman–Crippen MR) is 136 cm³/mol. The van der Waals surface area contributed by atoms with Crippen LogP contribution < -0.4 is 30.7 Å². The number of anilines is 2. The van der Waals surface area contributed by atoms with E-state index >= 15 is 0 Å². The molecule has 0 bridgehead atoms. The number of benzene rings is 1. The summed E-state index contributed by atoms with van der Waals surface area (Å²) in [5, 5.41) is 24.8. The highest BCUT2D eigenvalue weighted by Gasteiger charge is 2.34. The maximum atomic E-state index is 12.4. The second kappa shape index (κ2) is 11.2. The highest BCUT2D eigenvalue weighted by atomic mass is 16.6. The van der Waals surface area contributed by atoms with Gasteiger partial charge in [-0.15, -0.1) is 0 Å². The Labute approximate surface area is 219 Å². The van der Waals surface area contributed by atoms with Crippen LogP contribution in [-0.2, 0) is 22.4 Å². The summed E-state index contributed by atoms with van der Waals surface area (Å²) in [6.45, 7) is 1.76. The number of pyridine rings is 1. The first-order valence-corrected chi connectivity index (χ1v) is 12.6. The summed E-state index contributed by atoms with van der Waals surface area (Å²) in [4.78, 5) is 29.8. The van der Waals surface area contributed by atoms with Gasteiger partial charge < -0.3 is 35.7 Å². The summed E-state index contributed by atoms with van der Waals surface area (Å²) in [5.74, 6) is 1.79. The molecule has 3 aliphatic rings. The van der Waals surface area contributed by atoms with Crippen molar-refractivity contribution < 1.29 is 28.9 Å². The van der Waals surface area contributed by atoms with Crippen molar-refractivity contribution in [2.24, 2.45) is 11.7 Å². The number of hydrogen-bond acceptors (Lipinski definition) is 10. The average molecular weight is 523 g/mol. The molecule has 3 heterocycles. The fourth-order valence-corrected chi connectivity index (χ4v) is 4.91. The van der Waals surface area contributed by atoms with Gasteiger partial charge in [-0.2, -0.15) is 5.26 Å². The van der Waals surface area contributed by atoms with Gasteiger partial charge >= 0.3 is 6.09 Å². The van der Waals surface area contributed by atoms with E-state index in [0.717, 1.165) is 30.5 Å². The van der Waals surface area contributed by atoms with E-state index in [0.29, 0.717) is 54.1 Å². The Morgan fingerprint density at radius 2 is 2.21 bits per heavy atom. The van der Waals surface area contributed by atoms with Gasteiger partial charge in [-0.1, -0.05) is 0 Å². The zero-order valence-electron chi connectivity index (χ0n) is 20.8. The molecule has 12 nitrogen and oxygen atoms in total. The van der Waals surface area contributed by atoms with E-state index in [4.69, 9.17) is 25.1 Å². The number of fused-ring (bicyclic) bond motifs is 2. The van der Waals surface area contributed by atoms with Crippen LogP contribution in [0.1, 0.15) is 23.1 Å². The number of carbonyl (C=O) groups excluding carboxylic acids is 2. The third kappa shape index (κ3) is 5.65. The molecule has 2 amide bonds. The van der Waals surface area contributed by atoms with Gasteiger partial charge in [-0.3, -0.25) is 9.69 Å². The van der Waals surface area contributed by atoms with Crippen LogP contribution in [0.2, 0.25) is 0 Å². The molecule has 1 saturated heterocycles. The quantitative estimate of drug-likeness (QED) is 0.326. The third-order valence-electron chi connectivity index (χ3n) is 6.82. The van der Waals surface area contributed by atoms with Gasteiger partial charge in [0.05, 0.1) is 30.8 Å². The van der Waals surface area contributed by atoms with E-state index in [9.17, 15) is 14.9 Å². The van der Waals surface area contributed by atoms with Gasteiger partial charge in [0.25, 0.3) is 5.91 Å². The molecule has 1 aliphatic carbocycles. The van der Waals surface area contributed by atoms with Crippen LogP contribution in [0.15, 0.2) is 24.3 Å². The average Bonchev–Trinajstić information content (AvgIpc) is 3.51. The van der Waals surface area contributed by atoms with E-state index in [1.165, 1.54) is 4.90 Å². The monoisotopic (exact) mass is 522 g/mol. The number of nitrogens with zero attached hydrogens (tertiary/aromatic N) is 3. The number of nitrogens with one attached hydrogen (secondary N) is 2. The Balaban J connectivity index is 1.09. The van der Waals surface area contributed by atoms with Crippen LogP contribution in [-0.4, -0.2) is 73.7 Å². The van der Waals surface area contributed by atoms with Crippen molar-refractivity contribution in [2.75, 3.05) is 49.7 Å². The Morgan fingerprint density at radius 1 is 1.34 bits per heavy atom. The molecule has 5 rings (SSSR count). The summed E-state index contributed by atoms with van der Waals surface area (Å²) < 4.78 is 16.5. The van der Waals surface area contributed by atoms with Crippen LogP contribution in [0.4, 0.5) is 16.4 Å². The molecular weight excluding hydrogens is 492 g/mol. The van der Waals surface area contributed by atoms with Crippen LogP contribution >= 0.6 is 0 Å². The molecule has 1 aromatic heterocycles. The number of carbonyl (C=O) groups is 2. The lowest BCUT2D eigenvalue weighted by Gasteiger charge is -2.19. The molecule has 200 valence electrons. The fraction of sp³-hybridized carbons (Fsp3) is 0.462. The number of hydrogen-bond donors (Lipinski definition) is 4. The van der Waals surface area contributed by atoms with Crippen molar-refractivity contribution in [2.45, 2.75) is 31.4 Å². The predicted octanol–water partition coefficient (Wildman–Crippen LogP) is 0.702. The summed E-state index contributed by atoms with van der Waals surface area (Å²) >= 11 is 0. The van der Waals surface area contributed by atoms with Crippen molar-refractivity contribution in [3.8, 4) is 17.6 Å². The molecule has 38 heavy (non-hydrogen) atoms. The zero-order chi connectivity index (χ0) is 26.6. The van der Waals surface area contributed by atoms with Crippen molar-refractivity contribution in [1.29, 1.82) is 5.26 Å². The number of ether oxygens (including phenoxy) is 3. The second-order valence-electron chi connectivity index (χ2n) is 9.71. The van der Waals surface area contributed by atoms with E-state index in [2.05, 4.69) is 21.7 Å². The summed E-state index contributed by atoms with van der Waals surface area (Å²) in [5.41, 5.74) is 8.48. The van der Waals surface area contributed by atoms with Gasteiger partial charge in [0.1, 0.15) is 24.3 Å². The van der Waals surface area contributed by atoms with E-state index < -0.39 is 12.1 Å². The molecule has 3 atom stereocenters. The van der Waals surface area contributed by atoms with E-state index in [-0.39, 0.29) is 31.8 Å². The van der Waals surface area contributed by atoms with E-state index in [1.807, 2.05) is 6.07 Å². The summed E-state index contributed by atoms with van der Waals surface area (Å²) in [7, 11) is 0. The molecule has 5 N–H and O–H groups in total. The van der Waals surface area contributed by atoms with Gasteiger partial charge in [0.15, 0.2) is 18.2 Å². The molecule has 0 radical (unpaired) electrons. The first kappa shape index (κ1) is 25.7. The zero-order valence-corrected chi connectivity index (χ0v) is 20.8. The summed E-state index contributed by atoms with van der Waals surface area (Å²) in [6.07, 6.45) is 1.52. The Bertz CT molecular complexity index is 1260. The molecule has 2 aliphatic heterocycles.